The Morgan fingerprint density at radius 3 is 2.66 bits per heavy atom. The Kier molecular flexibility index (Phi) is 4.75. The molecular formula is C20H18N4O4S. The molecule has 0 unspecified atom stereocenters. The maximum absolute atomic E-state index is 12.9. The molecule has 0 bridgehead atoms. The number of amides is 1. The van der Waals surface area contributed by atoms with Gasteiger partial charge in [0.25, 0.3) is 11.6 Å². The Morgan fingerprint density at radius 2 is 1.93 bits per heavy atom. The van der Waals surface area contributed by atoms with Gasteiger partial charge in [-0.05, 0) is 31.5 Å². The normalized spacial score (nSPS) is 15.2. The van der Waals surface area contributed by atoms with Crippen LogP contribution in [0.5, 0.6) is 0 Å². The van der Waals surface area contributed by atoms with E-state index in [1.165, 1.54) is 6.07 Å². The van der Waals surface area contributed by atoms with Crippen molar-refractivity contribution in [1.82, 2.24) is 9.78 Å². The first-order valence-corrected chi connectivity index (χ1v) is 10.4. The maximum Gasteiger partial charge on any atom is 0.273 e. The van der Waals surface area contributed by atoms with Crippen molar-refractivity contribution in [2.24, 2.45) is 0 Å². The molecule has 0 saturated heterocycles. The van der Waals surface area contributed by atoms with E-state index >= 15 is 0 Å². The van der Waals surface area contributed by atoms with Gasteiger partial charge in [-0.3, -0.25) is 19.1 Å². The summed E-state index contributed by atoms with van der Waals surface area (Å²) in [6.07, 6.45) is 0. The third-order valence-electron chi connectivity index (χ3n) is 4.91. The lowest BCUT2D eigenvalue weighted by atomic mass is 10.1. The number of nitrogens with one attached hydrogen (secondary N) is 1. The van der Waals surface area contributed by atoms with Crippen LogP contribution in [0.1, 0.15) is 32.7 Å². The van der Waals surface area contributed by atoms with Crippen LogP contribution in [-0.2, 0) is 22.3 Å². The molecule has 29 heavy (non-hydrogen) atoms. The summed E-state index contributed by atoms with van der Waals surface area (Å²) in [5.41, 5.74) is 3.74. The van der Waals surface area contributed by atoms with Crippen LogP contribution in [0.2, 0.25) is 0 Å². The molecule has 4 rings (SSSR count). The smallest absolute Gasteiger partial charge is 0.273 e. The Balaban J connectivity index is 1.76. The molecule has 0 aliphatic carbocycles. The summed E-state index contributed by atoms with van der Waals surface area (Å²) in [5.74, 6) is 0.620. The zero-order valence-electron chi connectivity index (χ0n) is 15.8. The number of para-hydroxylation sites is 1. The first kappa shape index (κ1) is 19.0. The van der Waals surface area contributed by atoms with Gasteiger partial charge in [0, 0.05) is 33.6 Å². The van der Waals surface area contributed by atoms with E-state index in [1.807, 2.05) is 31.2 Å². The van der Waals surface area contributed by atoms with E-state index in [1.54, 1.807) is 23.7 Å². The fourth-order valence-corrected chi connectivity index (χ4v) is 4.62. The molecule has 2 aromatic carbocycles. The second kappa shape index (κ2) is 7.25. The molecule has 3 aromatic rings. The van der Waals surface area contributed by atoms with Gasteiger partial charge >= 0.3 is 0 Å². The van der Waals surface area contributed by atoms with Crippen molar-refractivity contribution in [1.29, 1.82) is 0 Å². The molecule has 2 heterocycles. The predicted molar refractivity (Wildman–Crippen MR) is 110 cm³/mol. The molecular weight excluding hydrogens is 392 g/mol. The minimum absolute atomic E-state index is 0.114. The highest BCUT2D eigenvalue weighted by Gasteiger charge is 2.29. The number of rotatable bonds is 4. The molecule has 1 aliphatic rings. The monoisotopic (exact) mass is 410 g/mol. The number of aromatic nitrogens is 2. The van der Waals surface area contributed by atoms with E-state index in [2.05, 4.69) is 10.4 Å². The molecule has 1 N–H and O–H groups in total. The molecule has 9 heteroatoms. The first-order valence-electron chi connectivity index (χ1n) is 8.93. The number of nitro benzene ring substituents is 1. The molecule has 148 valence electrons. The van der Waals surface area contributed by atoms with Crippen molar-refractivity contribution >= 4 is 28.2 Å². The van der Waals surface area contributed by atoms with Gasteiger partial charge in [0.15, 0.2) is 0 Å². The minimum Gasteiger partial charge on any atom is -0.306 e. The summed E-state index contributed by atoms with van der Waals surface area (Å²) in [4.78, 5) is 23.6. The fourth-order valence-electron chi connectivity index (χ4n) is 3.36. The lowest BCUT2D eigenvalue weighted by Crippen LogP contribution is -2.17. The molecule has 0 saturated carbocycles. The van der Waals surface area contributed by atoms with E-state index in [4.69, 9.17) is 0 Å². The second-order valence-electron chi connectivity index (χ2n) is 6.91. The number of aryl methyl sites for hydroxylation is 2. The largest absolute Gasteiger partial charge is 0.306 e. The number of benzene rings is 2. The topological polar surface area (TPSA) is 107 Å². The average Bonchev–Trinajstić information content (AvgIpc) is 3.19. The van der Waals surface area contributed by atoms with Crippen molar-refractivity contribution in [3.63, 3.8) is 0 Å². The number of fused-ring (bicyclic) bond motifs is 1. The number of nitrogens with zero attached hydrogens (tertiary/aromatic N) is 3. The minimum atomic E-state index is -1.06. The van der Waals surface area contributed by atoms with Crippen LogP contribution in [0.4, 0.5) is 11.5 Å². The summed E-state index contributed by atoms with van der Waals surface area (Å²) in [6.45, 7) is 3.56. The fraction of sp³-hybridized carbons (Fsp3) is 0.200. The number of hydrogen-bond donors (Lipinski definition) is 1. The summed E-state index contributed by atoms with van der Waals surface area (Å²) >= 11 is 0. The van der Waals surface area contributed by atoms with E-state index in [-0.39, 0.29) is 11.3 Å². The summed E-state index contributed by atoms with van der Waals surface area (Å²) in [6, 6.07) is 12.0. The van der Waals surface area contributed by atoms with Gasteiger partial charge in [-0.25, -0.2) is 4.68 Å². The van der Waals surface area contributed by atoms with Gasteiger partial charge in [0.1, 0.15) is 5.82 Å². The Morgan fingerprint density at radius 1 is 1.17 bits per heavy atom. The number of carbonyl (C=O) groups excluding carboxylic acids is 1. The van der Waals surface area contributed by atoms with Gasteiger partial charge in [-0.1, -0.05) is 24.3 Å². The number of nitro groups is 1. The van der Waals surface area contributed by atoms with Crippen molar-refractivity contribution in [2.45, 2.75) is 25.4 Å². The highest BCUT2D eigenvalue weighted by atomic mass is 32.2. The average molecular weight is 410 g/mol. The van der Waals surface area contributed by atoms with Crippen LogP contribution in [-0.4, -0.2) is 24.8 Å². The third-order valence-corrected chi connectivity index (χ3v) is 6.12. The predicted octanol–water partition coefficient (Wildman–Crippen LogP) is 3.41. The van der Waals surface area contributed by atoms with Crippen LogP contribution < -0.4 is 5.32 Å². The third kappa shape index (κ3) is 3.44. The number of carbonyl (C=O) groups is 1. The van der Waals surface area contributed by atoms with Crippen molar-refractivity contribution < 1.29 is 13.9 Å². The van der Waals surface area contributed by atoms with Crippen LogP contribution in [0.3, 0.4) is 0 Å². The zero-order valence-corrected chi connectivity index (χ0v) is 16.7. The lowest BCUT2D eigenvalue weighted by Gasteiger charge is -2.13. The van der Waals surface area contributed by atoms with E-state index < -0.39 is 21.6 Å². The van der Waals surface area contributed by atoms with Crippen molar-refractivity contribution in [2.75, 3.05) is 5.32 Å². The molecule has 1 atom stereocenters. The molecule has 8 nitrogen and oxygen atoms in total. The SMILES string of the molecule is Cc1ccccc1-n1nc2c(c1NC(=O)c1ccc(C)c([N+](=O)[O-])c1)C[S@@](=O)C2. The van der Waals surface area contributed by atoms with Crippen LogP contribution >= 0.6 is 0 Å². The lowest BCUT2D eigenvalue weighted by molar-refractivity contribution is -0.385. The van der Waals surface area contributed by atoms with Gasteiger partial charge in [0.2, 0.25) is 0 Å². The van der Waals surface area contributed by atoms with Crippen molar-refractivity contribution in [3.8, 4) is 5.69 Å². The summed E-state index contributed by atoms with van der Waals surface area (Å²) in [7, 11) is -1.06. The first-order chi connectivity index (χ1) is 13.8. The highest BCUT2D eigenvalue weighted by molar-refractivity contribution is 7.83. The molecule has 1 aromatic heterocycles. The van der Waals surface area contributed by atoms with Crippen LogP contribution in [0.25, 0.3) is 5.69 Å². The standard InChI is InChI=1S/C20H18N4O4S/c1-12-5-3-4-6-17(12)23-19(15-10-29(28)11-16(15)22-23)21-20(25)14-8-7-13(2)18(9-14)24(26)27/h3-9H,10-11H2,1-2H3,(H,21,25)/t29-/m1/s1. The van der Waals surface area contributed by atoms with Gasteiger partial charge in [-0.2, -0.15) is 5.10 Å². The summed E-state index contributed by atoms with van der Waals surface area (Å²) in [5, 5.41) is 18.6. The van der Waals surface area contributed by atoms with E-state index in [0.717, 1.165) is 16.8 Å². The van der Waals surface area contributed by atoms with Gasteiger partial charge in [-0.15, -0.1) is 0 Å². The second-order valence-corrected chi connectivity index (χ2v) is 8.37. The van der Waals surface area contributed by atoms with E-state index in [9.17, 15) is 19.1 Å². The quantitative estimate of drug-likeness (QED) is 0.524. The molecule has 1 amide bonds. The highest BCUT2D eigenvalue weighted by Crippen LogP contribution is 2.32. The Bertz CT molecular complexity index is 1190. The number of anilines is 1. The summed E-state index contributed by atoms with van der Waals surface area (Å²) < 4.78 is 13.7. The molecule has 0 fully saturated rings. The Hall–Kier alpha value is -3.33. The van der Waals surface area contributed by atoms with Crippen molar-refractivity contribution in [3.05, 3.63) is 80.5 Å². The van der Waals surface area contributed by atoms with Crippen LogP contribution in [0.15, 0.2) is 42.5 Å². The van der Waals surface area contributed by atoms with Gasteiger partial charge < -0.3 is 5.32 Å². The zero-order chi connectivity index (χ0) is 20.7. The van der Waals surface area contributed by atoms with Crippen LogP contribution in [0, 0.1) is 24.0 Å². The molecule has 0 spiro atoms. The number of hydrogen-bond acceptors (Lipinski definition) is 5. The van der Waals surface area contributed by atoms with E-state index in [0.29, 0.717) is 28.6 Å². The Labute approximate surface area is 169 Å². The maximum atomic E-state index is 12.9. The molecule has 0 radical (unpaired) electrons. The molecule has 1 aliphatic heterocycles. The van der Waals surface area contributed by atoms with Gasteiger partial charge in [0.05, 0.1) is 27.8 Å².